The summed E-state index contributed by atoms with van der Waals surface area (Å²) in [5.74, 6) is 0.748. The molecule has 1 aromatic heterocycles. The normalized spacial score (nSPS) is 23.6. The molecule has 0 spiro atoms. The number of ketones is 1. The molecule has 0 amide bonds. The van der Waals surface area contributed by atoms with Crippen LogP contribution < -0.4 is 0 Å². The molecule has 4 aromatic rings. The number of rotatable bonds is 9. The SMILES string of the molecule is O=C(c1cccc2c1CCCC2)c1nccn1C[C@H](CC[N+]12CCC(c3ccccc3)(CC1)CC2)c1ccc(Cl)c(Cl)c1. The van der Waals surface area contributed by atoms with E-state index in [1.165, 1.54) is 72.1 Å². The van der Waals surface area contributed by atoms with Gasteiger partial charge in [0.05, 0.1) is 36.2 Å². The molecule has 6 heteroatoms. The molecule has 1 aliphatic carbocycles. The van der Waals surface area contributed by atoms with Crippen LogP contribution in [-0.4, -0.2) is 46.0 Å². The Morgan fingerprint density at radius 1 is 0.907 bits per heavy atom. The molecule has 4 heterocycles. The minimum Gasteiger partial charge on any atom is -0.328 e. The van der Waals surface area contributed by atoms with Crippen molar-refractivity contribution in [3.63, 3.8) is 0 Å². The van der Waals surface area contributed by atoms with Crippen LogP contribution in [0.15, 0.2) is 79.1 Å². The first kappa shape index (κ1) is 28.8. The molecule has 3 saturated heterocycles. The number of piperidine rings is 3. The van der Waals surface area contributed by atoms with Crippen LogP contribution in [0.3, 0.4) is 0 Å². The van der Waals surface area contributed by atoms with Gasteiger partial charge in [0.2, 0.25) is 5.78 Å². The van der Waals surface area contributed by atoms with Crippen molar-refractivity contribution in [3.8, 4) is 0 Å². The molecular weight excluding hydrogens is 573 g/mol. The third kappa shape index (κ3) is 5.59. The van der Waals surface area contributed by atoms with Gasteiger partial charge in [-0.15, -0.1) is 0 Å². The summed E-state index contributed by atoms with van der Waals surface area (Å²) in [5.41, 5.74) is 6.40. The van der Waals surface area contributed by atoms with E-state index in [1.807, 2.05) is 30.5 Å². The number of hydrogen-bond donors (Lipinski definition) is 0. The number of aromatic nitrogens is 2. The zero-order chi connectivity index (χ0) is 29.4. The molecule has 8 rings (SSSR count). The lowest BCUT2D eigenvalue weighted by molar-refractivity contribution is -0.943. The first-order valence-corrected chi connectivity index (χ1v) is 16.7. The predicted octanol–water partition coefficient (Wildman–Crippen LogP) is 8.43. The molecular formula is C37H40Cl2N3O+. The molecule has 0 radical (unpaired) electrons. The highest BCUT2D eigenvalue weighted by Gasteiger charge is 2.49. The number of quaternary nitrogens is 1. The summed E-state index contributed by atoms with van der Waals surface area (Å²) in [6.07, 6.45) is 12.9. The number of nitrogens with zero attached hydrogens (tertiary/aromatic N) is 3. The van der Waals surface area contributed by atoms with E-state index in [-0.39, 0.29) is 11.7 Å². The van der Waals surface area contributed by atoms with E-state index in [9.17, 15) is 4.79 Å². The summed E-state index contributed by atoms with van der Waals surface area (Å²) in [5, 5.41) is 1.15. The van der Waals surface area contributed by atoms with Crippen molar-refractivity contribution in [3.05, 3.63) is 123 Å². The van der Waals surface area contributed by atoms with Crippen molar-refractivity contribution in [1.29, 1.82) is 0 Å². The average molecular weight is 614 g/mol. The number of aryl methyl sites for hydroxylation is 1. The maximum absolute atomic E-state index is 13.9. The van der Waals surface area contributed by atoms with Crippen LogP contribution in [0.4, 0.5) is 0 Å². The van der Waals surface area contributed by atoms with Crippen molar-refractivity contribution in [2.45, 2.75) is 69.2 Å². The molecule has 3 aromatic carbocycles. The lowest BCUT2D eigenvalue weighted by atomic mass is 9.66. The zero-order valence-electron chi connectivity index (χ0n) is 24.8. The summed E-state index contributed by atoms with van der Waals surface area (Å²) >= 11 is 12.9. The Morgan fingerprint density at radius 2 is 1.67 bits per heavy atom. The minimum atomic E-state index is 0.0304. The number of imidazole rings is 1. The Labute approximate surface area is 265 Å². The van der Waals surface area contributed by atoms with Crippen molar-refractivity contribution < 1.29 is 9.28 Å². The van der Waals surface area contributed by atoms with Gasteiger partial charge in [-0.1, -0.05) is 77.8 Å². The molecule has 4 nitrogen and oxygen atoms in total. The lowest BCUT2D eigenvalue weighted by Crippen LogP contribution is -2.63. The Hall–Kier alpha value is -2.92. The molecule has 2 bridgehead atoms. The molecule has 0 saturated carbocycles. The standard InChI is InChI=1S/C37H40Cl2N3O/c38-33-14-13-28(25-34(33)39)29(15-21-42-22-16-37(17-23-42,18-24-42)30-9-2-1-3-10-30)26-41-20-19-40-36(41)35(43)32-12-6-8-27-7-4-5-11-31(27)32/h1-3,6,8-10,12-14,19-20,25,29H,4-5,7,11,15-18,21-24,26H2/q+1/t29-,37?,42?/m0/s1. The lowest BCUT2D eigenvalue weighted by Gasteiger charge is -2.55. The highest BCUT2D eigenvalue weighted by Crippen LogP contribution is 2.46. The van der Waals surface area contributed by atoms with Gasteiger partial charge >= 0.3 is 0 Å². The van der Waals surface area contributed by atoms with Gasteiger partial charge in [0.1, 0.15) is 0 Å². The number of fused-ring (bicyclic) bond motifs is 4. The van der Waals surface area contributed by atoms with Crippen LogP contribution in [0.25, 0.3) is 0 Å². The summed E-state index contributed by atoms with van der Waals surface area (Å²) in [6.45, 7) is 5.51. The number of hydrogen-bond acceptors (Lipinski definition) is 2. The van der Waals surface area contributed by atoms with E-state index >= 15 is 0 Å². The molecule has 0 unspecified atom stereocenters. The highest BCUT2D eigenvalue weighted by molar-refractivity contribution is 6.42. The van der Waals surface area contributed by atoms with Gasteiger partial charge in [-0.3, -0.25) is 4.79 Å². The van der Waals surface area contributed by atoms with E-state index in [4.69, 9.17) is 23.2 Å². The van der Waals surface area contributed by atoms with Gasteiger partial charge in [-0.2, -0.15) is 0 Å². The first-order valence-electron chi connectivity index (χ1n) is 16.0. The summed E-state index contributed by atoms with van der Waals surface area (Å²) in [4.78, 5) is 18.6. The fourth-order valence-electron chi connectivity index (χ4n) is 8.20. The van der Waals surface area contributed by atoms with Crippen LogP contribution in [0, 0.1) is 0 Å². The summed E-state index contributed by atoms with van der Waals surface area (Å²) in [6, 6.07) is 23.4. The number of halogens is 2. The second-order valence-corrected chi connectivity index (χ2v) is 14.0. The third-order valence-corrected chi connectivity index (χ3v) is 11.7. The third-order valence-electron chi connectivity index (χ3n) is 10.9. The highest BCUT2D eigenvalue weighted by atomic mass is 35.5. The van der Waals surface area contributed by atoms with Crippen molar-refractivity contribution >= 4 is 29.0 Å². The second-order valence-electron chi connectivity index (χ2n) is 13.2. The van der Waals surface area contributed by atoms with Gasteiger partial charge in [0.15, 0.2) is 5.82 Å². The molecule has 0 N–H and O–H groups in total. The number of carbonyl (C=O) groups is 1. The molecule has 43 heavy (non-hydrogen) atoms. The summed E-state index contributed by atoms with van der Waals surface area (Å²) < 4.78 is 3.27. The van der Waals surface area contributed by atoms with Gasteiger partial charge in [0.25, 0.3) is 0 Å². The van der Waals surface area contributed by atoms with Gasteiger partial charge in [-0.25, -0.2) is 4.98 Å². The average Bonchev–Trinajstić information content (AvgIpc) is 3.53. The summed E-state index contributed by atoms with van der Waals surface area (Å²) in [7, 11) is 0. The molecule has 1 atom stereocenters. The maximum Gasteiger partial charge on any atom is 0.228 e. The van der Waals surface area contributed by atoms with Gasteiger partial charge in [-0.05, 0) is 60.1 Å². The fraction of sp³-hybridized carbons (Fsp3) is 0.405. The second kappa shape index (κ2) is 11.9. The molecule has 222 valence electrons. The van der Waals surface area contributed by atoms with Gasteiger partial charge < -0.3 is 9.05 Å². The molecule has 3 aliphatic heterocycles. The quantitative estimate of drug-likeness (QED) is 0.140. The van der Waals surface area contributed by atoms with E-state index in [2.05, 4.69) is 52.0 Å². The monoisotopic (exact) mass is 612 g/mol. The number of carbonyl (C=O) groups excluding carboxylic acids is 1. The van der Waals surface area contributed by atoms with E-state index in [0.29, 0.717) is 27.8 Å². The van der Waals surface area contributed by atoms with Crippen molar-refractivity contribution in [1.82, 2.24) is 9.55 Å². The van der Waals surface area contributed by atoms with Crippen LogP contribution >= 0.6 is 23.2 Å². The largest absolute Gasteiger partial charge is 0.328 e. The predicted molar refractivity (Wildman–Crippen MR) is 174 cm³/mol. The van der Waals surface area contributed by atoms with E-state index < -0.39 is 0 Å². The first-order chi connectivity index (χ1) is 21.0. The zero-order valence-corrected chi connectivity index (χ0v) is 26.3. The topological polar surface area (TPSA) is 34.9 Å². The Kier molecular flexibility index (Phi) is 7.96. The molecule has 3 fully saturated rings. The Bertz CT molecular complexity index is 1600. The van der Waals surface area contributed by atoms with Crippen LogP contribution in [0.1, 0.15) is 82.9 Å². The maximum atomic E-state index is 13.9. The Balaban J connectivity index is 1.12. The minimum absolute atomic E-state index is 0.0304. The van der Waals surface area contributed by atoms with E-state index in [0.717, 1.165) is 37.8 Å². The molecule has 4 aliphatic rings. The van der Waals surface area contributed by atoms with Crippen LogP contribution in [0.2, 0.25) is 10.0 Å². The number of benzene rings is 3. The fourth-order valence-corrected chi connectivity index (χ4v) is 8.51. The van der Waals surface area contributed by atoms with Crippen molar-refractivity contribution in [2.24, 2.45) is 0 Å². The van der Waals surface area contributed by atoms with Crippen LogP contribution in [-0.2, 0) is 24.8 Å². The van der Waals surface area contributed by atoms with Crippen LogP contribution in [0.5, 0.6) is 0 Å². The van der Waals surface area contributed by atoms with E-state index in [1.54, 1.807) is 6.20 Å². The smallest absolute Gasteiger partial charge is 0.228 e. The van der Waals surface area contributed by atoms with Crippen molar-refractivity contribution in [2.75, 3.05) is 26.2 Å². The van der Waals surface area contributed by atoms with Gasteiger partial charge in [0, 0.05) is 61.5 Å². The Morgan fingerprint density at radius 3 is 2.44 bits per heavy atom.